The molecule has 0 aliphatic heterocycles. The second-order valence-corrected chi connectivity index (χ2v) is 1.73. The maximum absolute atomic E-state index is 3.01. The monoisotopic (exact) mass is 83.0 g/mol. The summed E-state index contributed by atoms with van der Waals surface area (Å²) in [6.07, 6.45) is 0. The zero-order valence-electron chi connectivity index (χ0n) is 2.73. The molecule has 26 valence electrons. The van der Waals surface area contributed by atoms with Crippen LogP contribution in [0.2, 0.25) is 0 Å². The van der Waals surface area contributed by atoms with Crippen molar-refractivity contribution in [2.45, 2.75) is 0 Å². The lowest BCUT2D eigenvalue weighted by atomic mass is 10.7. The lowest BCUT2D eigenvalue weighted by molar-refractivity contribution is 2.01. The van der Waals surface area contributed by atoms with E-state index >= 15 is 0 Å². The molecule has 0 radical (unpaired) electrons. The highest BCUT2D eigenvalue weighted by Crippen LogP contribution is 1.98. The van der Waals surface area contributed by atoms with E-state index in [0.29, 0.717) is 0 Å². The van der Waals surface area contributed by atoms with Crippen LogP contribution in [0.4, 0.5) is 0 Å². The van der Waals surface area contributed by atoms with Crippen LogP contribution < -0.4 is 0 Å². The Balaban J connectivity index is 3.13. The largest absolute Gasteiger partial charge is 0.271 e. The summed E-state index contributed by atoms with van der Waals surface area (Å²) in [5.41, 5.74) is 0. The summed E-state index contributed by atoms with van der Waals surface area (Å²) in [5, 5.41) is 0. The molecule has 0 aliphatic carbocycles. The maximum atomic E-state index is 3.01. The van der Waals surface area contributed by atoms with Crippen molar-refractivity contribution in [3.8, 4) is 0 Å². The first kappa shape index (κ1) is 2.99. The first-order valence-electron chi connectivity index (χ1n) is 1.49. The van der Waals surface area contributed by atoms with Gasteiger partial charge in [-0.15, -0.1) is 0 Å². The molecule has 0 bridgehead atoms. The van der Waals surface area contributed by atoms with Crippen LogP contribution in [0.1, 0.15) is 0 Å². The Labute approximate surface area is 32.9 Å². The molecular formula is C4H4P-. The fourth-order valence-electron chi connectivity index (χ4n) is 0.241. The zero-order chi connectivity index (χ0) is 3.54. The minimum Gasteiger partial charge on any atom is -0.271 e. The molecule has 1 heterocycles. The Hall–Kier alpha value is -0.220. The Morgan fingerprint density at radius 2 is 2.60 bits per heavy atom. The molecular weight excluding hydrogens is 79.0 g/mol. The van der Waals surface area contributed by atoms with Crippen molar-refractivity contribution in [1.82, 2.24) is 0 Å². The third-order valence-electron chi connectivity index (χ3n) is 0.442. The topological polar surface area (TPSA) is 0 Å². The summed E-state index contributed by atoms with van der Waals surface area (Å²) < 4.78 is 0. The van der Waals surface area contributed by atoms with Gasteiger partial charge in [-0.3, -0.25) is 8.19 Å². The van der Waals surface area contributed by atoms with Gasteiger partial charge in [0.15, 0.2) is 0 Å². The molecule has 5 heavy (non-hydrogen) atoms. The van der Waals surface area contributed by atoms with Crippen LogP contribution in [0, 0.1) is 5.80 Å². The van der Waals surface area contributed by atoms with Crippen LogP contribution in [0.3, 0.4) is 0 Å². The molecule has 0 spiro atoms. The van der Waals surface area contributed by atoms with Crippen LogP contribution in [0.5, 0.6) is 0 Å². The third kappa shape index (κ3) is 0.524. The van der Waals surface area contributed by atoms with Crippen LogP contribution >= 0.6 is 8.19 Å². The highest BCUT2D eigenvalue weighted by atomic mass is 31.0. The van der Waals surface area contributed by atoms with Gasteiger partial charge in [0.2, 0.25) is 0 Å². The molecule has 1 atom stereocenters. The lowest BCUT2D eigenvalue weighted by Gasteiger charge is -1.54. The van der Waals surface area contributed by atoms with E-state index in [1.165, 1.54) is 0 Å². The van der Waals surface area contributed by atoms with Gasteiger partial charge in [0.05, 0.1) is 0 Å². The molecule has 1 heteroatoms. The van der Waals surface area contributed by atoms with E-state index in [0.717, 1.165) is 8.19 Å². The van der Waals surface area contributed by atoms with Crippen LogP contribution in [0.25, 0.3) is 0 Å². The van der Waals surface area contributed by atoms with Gasteiger partial charge in [-0.1, -0.05) is 0 Å². The normalized spacial score (nSPS) is 9.60. The summed E-state index contributed by atoms with van der Waals surface area (Å²) in [6.45, 7) is 0. The van der Waals surface area contributed by atoms with Gasteiger partial charge in [-0.25, -0.2) is 6.07 Å². The van der Waals surface area contributed by atoms with Crippen molar-refractivity contribution < 1.29 is 0 Å². The van der Waals surface area contributed by atoms with E-state index < -0.39 is 0 Å². The molecule has 1 unspecified atom stereocenters. The van der Waals surface area contributed by atoms with Crippen molar-refractivity contribution in [3.63, 3.8) is 0 Å². The average Bonchev–Trinajstić information content (AvgIpc) is 1.76. The van der Waals surface area contributed by atoms with E-state index in [-0.39, 0.29) is 0 Å². The molecule has 0 N–H and O–H groups in total. The first-order valence-corrected chi connectivity index (χ1v) is 2.57. The van der Waals surface area contributed by atoms with Crippen molar-refractivity contribution in [1.29, 1.82) is 0 Å². The predicted molar refractivity (Wildman–Crippen MR) is 24.8 cm³/mol. The second-order valence-electron chi connectivity index (χ2n) is 0.814. The van der Waals surface area contributed by atoms with Gasteiger partial charge < -0.3 is 0 Å². The minimum absolute atomic E-state index is 0.823. The van der Waals surface area contributed by atoms with Crippen LogP contribution in [-0.2, 0) is 0 Å². The Morgan fingerprint density at radius 3 is 2.80 bits per heavy atom. The summed E-state index contributed by atoms with van der Waals surface area (Å²) in [4.78, 5) is 0. The number of hydrogen-bond donors (Lipinski definition) is 0. The summed E-state index contributed by atoms with van der Waals surface area (Å²) in [7, 11) is 0.823. The summed E-state index contributed by atoms with van der Waals surface area (Å²) in [6, 6.07) is 3.96. The molecule has 0 amide bonds. The molecule has 1 rings (SSSR count). The highest BCUT2D eigenvalue weighted by Gasteiger charge is 1.43. The van der Waals surface area contributed by atoms with E-state index in [4.69, 9.17) is 0 Å². The Bertz CT molecular complexity index is 60.1. The van der Waals surface area contributed by atoms with Crippen molar-refractivity contribution in [2.24, 2.45) is 0 Å². The SMILES string of the molecule is [c-]1ccc[pH]1. The van der Waals surface area contributed by atoms with E-state index in [1.54, 1.807) is 0 Å². The predicted octanol–water partition coefficient (Wildman–Crippen LogP) is 1.52. The van der Waals surface area contributed by atoms with Crippen molar-refractivity contribution in [2.75, 3.05) is 0 Å². The fourth-order valence-corrected chi connectivity index (χ4v) is 0.722. The molecule has 0 aromatic carbocycles. The fraction of sp³-hybridized carbons (Fsp3) is 0. The zero-order valence-corrected chi connectivity index (χ0v) is 3.73. The lowest BCUT2D eigenvalue weighted by Crippen LogP contribution is -1.17. The van der Waals surface area contributed by atoms with Gasteiger partial charge in [0, 0.05) is 0 Å². The Kier molecular flexibility index (Phi) is 0.764. The van der Waals surface area contributed by atoms with Gasteiger partial charge in [0.1, 0.15) is 0 Å². The quantitative estimate of drug-likeness (QED) is 0.417. The molecule has 0 saturated carbocycles. The molecule has 1 aromatic heterocycles. The Morgan fingerprint density at radius 1 is 1.60 bits per heavy atom. The van der Waals surface area contributed by atoms with Gasteiger partial charge in [0.25, 0.3) is 0 Å². The minimum atomic E-state index is 0.823. The van der Waals surface area contributed by atoms with E-state index in [2.05, 4.69) is 11.6 Å². The third-order valence-corrected chi connectivity index (χ3v) is 1.13. The summed E-state index contributed by atoms with van der Waals surface area (Å²) in [5.74, 6) is 5.11. The van der Waals surface area contributed by atoms with E-state index in [1.807, 2.05) is 12.1 Å². The van der Waals surface area contributed by atoms with E-state index in [9.17, 15) is 0 Å². The van der Waals surface area contributed by atoms with Gasteiger partial charge in [-0.05, 0) is 0 Å². The molecule has 0 nitrogen and oxygen atoms in total. The maximum Gasteiger partial charge on any atom is -0.163 e. The first-order chi connectivity index (χ1) is 2.50. The highest BCUT2D eigenvalue weighted by molar-refractivity contribution is 7.27. The molecule has 1 aromatic rings. The number of hydrogen-bond acceptors (Lipinski definition) is 0. The van der Waals surface area contributed by atoms with Crippen molar-refractivity contribution >= 4 is 8.19 Å². The number of rotatable bonds is 0. The average molecular weight is 83.0 g/mol. The van der Waals surface area contributed by atoms with Gasteiger partial charge >= 0.3 is 0 Å². The van der Waals surface area contributed by atoms with Crippen molar-refractivity contribution in [3.05, 3.63) is 23.7 Å². The van der Waals surface area contributed by atoms with Crippen LogP contribution in [-0.4, -0.2) is 0 Å². The summed E-state index contributed by atoms with van der Waals surface area (Å²) >= 11 is 0. The van der Waals surface area contributed by atoms with Gasteiger partial charge in [-0.2, -0.15) is 17.7 Å². The molecule has 0 fully saturated rings. The molecule has 0 aliphatic rings. The smallest absolute Gasteiger partial charge is 0.163 e. The second kappa shape index (κ2) is 1.28. The molecule has 0 saturated heterocycles. The standard InChI is InChI=1S/C4H4P/c1-2-4-5-3-1/h1-3,5H/q-1. The van der Waals surface area contributed by atoms with Crippen LogP contribution in [0.15, 0.2) is 17.9 Å².